The summed E-state index contributed by atoms with van der Waals surface area (Å²) in [6.45, 7) is 8.32. The SMILES string of the molecule is CCCOc1ccc(C(C)NCCC#N)cc1OCCC. The van der Waals surface area contributed by atoms with Crippen LogP contribution in [0.3, 0.4) is 0 Å². The van der Waals surface area contributed by atoms with Crippen molar-refractivity contribution in [3.8, 4) is 17.6 Å². The highest BCUT2D eigenvalue weighted by atomic mass is 16.5. The molecule has 0 aliphatic rings. The van der Waals surface area contributed by atoms with Gasteiger partial charge in [0.1, 0.15) is 0 Å². The van der Waals surface area contributed by atoms with E-state index in [1.54, 1.807) is 0 Å². The molecule has 0 fully saturated rings. The fourth-order valence-corrected chi connectivity index (χ4v) is 1.91. The van der Waals surface area contributed by atoms with Gasteiger partial charge in [-0.25, -0.2) is 0 Å². The van der Waals surface area contributed by atoms with E-state index in [4.69, 9.17) is 14.7 Å². The molecular weight excluding hydrogens is 264 g/mol. The van der Waals surface area contributed by atoms with Gasteiger partial charge >= 0.3 is 0 Å². The van der Waals surface area contributed by atoms with Crippen molar-refractivity contribution < 1.29 is 9.47 Å². The van der Waals surface area contributed by atoms with Crippen molar-refractivity contribution in [3.05, 3.63) is 23.8 Å². The van der Waals surface area contributed by atoms with Crippen LogP contribution in [-0.4, -0.2) is 19.8 Å². The Balaban J connectivity index is 2.79. The lowest BCUT2D eigenvalue weighted by Crippen LogP contribution is -2.19. The van der Waals surface area contributed by atoms with Crippen LogP contribution in [0.4, 0.5) is 0 Å². The molecule has 0 spiro atoms. The Labute approximate surface area is 128 Å². The van der Waals surface area contributed by atoms with E-state index in [9.17, 15) is 0 Å². The predicted molar refractivity (Wildman–Crippen MR) is 84.7 cm³/mol. The molecule has 1 aromatic carbocycles. The van der Waals surface area contributed by atoms with E-state index in [0.29, 0.717) is 26.2 Å². The van der Waals surface area contributed by atoms with Crippen LogP contribution in [-0.2, 0) is 0 Å². The largest absolute Gasteiger partial charge is 0.490 e. The van der Waals surface area contributed by atoms with Crippen molar-refractivity contribution in [2.75, 3.05) is 19.8 Å². The lowest BCUT2D eigenvalue weighted by atomic mass is 10.1. The monoisotopic (exact) mass is 290 g/mol. The second-order valence-electron chi connectivity index (χ2n) is 4.99. The zero-order chi connectivity index (χ0) is 15.5. The number of benzene rings is 1. The lowest BCUT2D eigenvalue weighted by Gasteiger charge is -2.17. The Hall–Kier alpha value is -1.73. The van der Waals surface area contributed by atoms with Gasteiger partial charge in [0, 0.05) is 19.0 Å². The molecule has 0 saturated carbocycles. The molecule has 4 heteroatoms. The number of nitrogens with zero attached hydrogens (tertiary/aromatic N) is 1. The molecular formula is C17H26N2O2. The minimum atomic E-state index is 0.183. The van der Waals surface area contributed by atoms with E-state index in [-0.39, 0.29) is 6.04 Å². The van der Waals surface area contributed by atoms with E-state index in [1.165, 1.54) is 0 Å². The summed E-state index contributed by atoms with van der Waals surface area (Å²) >= 11 is 0. The van der Waals surface area contributed by atoms with E-state index in [1.807, 2.05) is 18.2 Å². The van der Waals surface area contributed by atoms with E-state index in [2.05, 4.69) is 32.2 Å². The third-order valence-electron chi connectivity index (χ3n) is 3.08. The number of nitriles is 1. The van der Waals surface area contributed by atoms with Gasteiger partial charge in [-0.1, -0.05) is 19.9 Å². The topological polar surface area (TPSA) is 54.3 Å². The number of hydrogen-bond donors (Lipinski definition) is 1. The molecule has 21 heavy (non-hydrogen) atoms. The van der Waals surface area contributed by atoms with Crippen LogP contribution >= 0.6 is 0 Å². The summed E-state index contributed by atoms with van der Waals surface area (Å²) in [7, 11) is 0. The van der Waals surface area contributed by atoms with Gasteiger partial charge in [-0.2, -0.15) is 5.26 Å². The van der Waals surface area contributed by atoms with E-state index < -0.39 is 0 Å². The van der Waals surface area contributed by atoms with E-state index in [0.717, 1.165) is 29.9 Å². The van der Waals surface area contributed by atoms with Crippen LogP contribution < -0.4 is 14.8 Å². The van der Waals surface area contributed by atoms with Gasteiger partial charge in [0.15, 0.2) is 11.5 Å². The van der Waals surface area contributed by atoms with Gasteiger partial charge in [0.2, 0.25) is 0 Å². The quantitative estimate of drug-likeness (QED) is 0.665. The summed E-state index contributed by atoms with van der Waals surface area (Å²) in [5, 5.41) is 11.9. The molecule has 4 nitrogen and oxygen atoms in total. The summed E-state index contributed by atoms with van der Waals surface area (Å²) in [6.07, 6.45) is 2.45. The maximum atomic E-state index is 8.58. The normalized spacial score (nSPS) is 11.7. The molecule has 1 atom stereocenters. The van der Waals surface area contributed by atoms with E-state index >= 15 is 0 Å². The summed E-state index contributed by atoms with van der Waals surface area (Å²) in [4.78, 5) is 0. The summed E-state index contributed by atoms with van der Waals surface area (Å²) in [5.74, 6) is 1.61. The molecule has 0 aromatic heterocycles. The Kier molecular flexibility index (Phi) is 8.30. The molecule has 1 rings (SSSR count). The van der Waals surface area contributed by atoms with Gasteiger partial charge in [0.05, 0.1) is 19.3 Å². The molecule has 1 N–H and O–H groups in total. The molecule has 0 radical (unpaired) electrons. The van der Waals surface area contributed by atoms with Gasteiger partial charge in [-0.15, -0.1) is 0 Å². The maximum Gasteiger partial charge on any atom is 0.161 e. The zero-order valence-corrected chi connectivity index (χ0v) is 13.3. The fraction of sp³-hybridized carbons (Fsp3) is 0.588. The minimum Gasteiger partial charge on any atom is -0.490 e. The van der Waals surface area contributed by atoms with Crippen LogP contribution in [0.5, 0.6) is 11.5 Å². The molecule has 0 saturated heterocycles. The smallest absolute Gasteiger partial charge is 0.161 e. The molecule has 1 aromatic rings. The third-order valence-corrected chi connectivity index (χ3v) is 3.08. The van der Waals surface area contributed by atoms with Crippen LogP contribution in [0.1, 0.15) is 51.6 Å². The highest BCUT2D eigenvalue weighted by molar-refractivity contribution is 5.43. The molecule has 0 aliphatic carbocycles. The first-order chi connectivity index (χ1) is 10.2. The maximum absolute atomic E-state index is 8.58. The molecule has 0 bridgehead atoms. The van der Waals surface area contributed by atoms with Crippen molar-refractivity contribution in [2.45, 2.75) is 46.1 Å². The van der Waals surface area contributed by atoms with Crippen molar-refractivity contribution in [1.82, 2.24) is 5.32 Å². The van der Waals surface area contributed by atoms with Crippen molar-refractivity contribution in [3.63, 3.8) is 0 Å². The summed E-state index contributed by atoms with van der Waals surface area (Å²) < 4.78 is 11.5. The first-order valence-corrected chi connectivity index (χ1v) is 7.72. The van der Waals surface area contributed by atoms with Crippen LogP contribution in [0, 0.1) is 11.3 Å². The van der Waals surface area contributed by atoms with Crippen LogP contribution in [0.15, 0.2) is 18.2 Å². The molecule has 0 amide bonds. The van der Waals surface area contributed by atoms with Crippen LogP contribution in [0.2, 0.25) is 0 Å². The van der Waals surface area contributed by atoms with Gasteiger partial charge in [0.25, 0.3) is 0 Å². The number of ether oxygens (including phenoxy) is 2. The number of hydrogen-bond acceptors (Lipinski definition) is 4. The van der Waals surface area contributed by atoms with Crippen molar-refractivity contribution >= 4 is 0 Å². The summed E-state index contributed by atoms with van der Waals surface area (Å²) in [6, 6.07) is 8.37. The molecule has 0 heterocycles. The molecule has 1 unspecified atom stereocenters. The molecule has 0 aliphatic heterocycles. The van der Waals surface area contributed by atoms with Crippen molar-refractivity contribution in [1.29, 1.82) is 5.26 Å². The number of rotatable bonds is 10. The lowest BCUT2D eigenvalue weighted by molar-refractivity contribution is 0.268. The Morgan fingerprint density at radius 3 is 2.43 bits per heavy atom. The standard InChI is InChI=1S/C17H26N2O2/c1-4-11-20-16-8-7-15(13-17(16)21-12-5-2)14(3)19-10-6-9-18/h7-8,13-14,19H,4-6,10-12H2,1-3H3. The summed E-state index contributed by atoms with van der Waals surface area (Å²) in [5.41, 5.74) is 1.14. The Morgan fingerprint density at radius 1 is 1.14 bits per heavy atom. The highest BCUT2D eigenvalue weighted by Gasteiger charge is 2.10. The van der Waals surface area contributed by atoms with Gasteiger partial charge in [-0.05, 0) is 37.5 Å². The first kappa shape index (κ1) is 17.3. The predicted octanol–water partition coefficient (Wildman–Crippen LogP) is 3.83. The van der Waals surface area contributed by atoms with Gasteiger partial charge in [-0.3, -0.25) is 0 Å². The highest BCUT2D eigenvalue weighted by Crippen LogP contribution is 2.31. The molecule has 116 valence electrons. The fourth-order valence-electron chi connectivity index (χ4n) is 1.91. The third kappa shape index (κ3) is 6.05. The first-order valence-electron chi connectivity index (χ1n) is 7.72. The zero-order valence-electron chi connectivity index (χ0n) is 13.3. The van der Waals surface area contributed by atoms with Gasteiger partial charge < -0.3 is 14.8 Å². The second kappa shape index (κ2) is 10.1. The second-order valence-corrected chi connectivity index (χ2v) is 4.99. The average Bonchev–Trinajstić information content (AvgIpc) is 2.51. The minimum absolute atomic E-state index is 0.183. The Morgan fingerprint density at radius 2 is 1.81 bits per heavy atom. The van der Waals surface area contributed by atoms with Crippen molar-refractivity contribution in [2.24, 2.45) is 0 Å². The average molecular weight is 290 g/mol. The number of nitrogens with one attached hydrogen (secondary N) is 1. The Bertz CT molecular complexity index is 455. The van der Waals surface area contributed by atoms with Crippen LogP contribution in [0.25, 0.3) is 0 Å².